The molecule has 10 heteroatoms. The molecule has 8 nitrogen and oxygen atoms in total. The Kier molecular flexibility index (Phi) is 8.23. The summed E-state index contributed by atoms with van der Waals surface area (Å²) in [5.41, 5.74) is 3.62. The SMILES string of the molecule is COCCNc1cc(N2CCN(C)CC2)ccc1C(=O)Nc1n[nH]c2ccc(C(C)(C)c3cc(F)cc(F)c3)cc12. The zero-order valence-electron chi connectivity index (χ0n) is 23.9. The van der Waals surface area contributed by atoms with Crippen LogP contribution in [0.25, 0.3) is 10.9 Å². The highest BCUT2D eigenvalue weighted by Crippen LogP contribution is 2.35. The molecule has 216 valence electrons. The summed E-state index contributed by atoms with van der Waals surface area (Å²) in [6, 6.07) is 15.0. The van der Waals surface area contributed by atoms with E-state index < -0.39 is 17.0 Å². The number of halogens is 2. The second kappa shape index (κ2) is 11.8. The average molecular weight is 563 g/mol. The van der Waals surface area contributed by atoms with E-state index in [1.807, 2.05) is 50.2 Å². The monoisotopic (exact) mass is 562 g/mol. The first-order valence-electron chi connectivity index (χ1n) is 13.7. The molecule has 0 radical (unpaired) electrons. The van der Waals surface area contributed by atoms with Crippen molar-refractivity contribution in [3.8, 4) is 0 Å². The molecule has 0 atom stereocenters. The summed E-state index contributed by atoms with van der Waals surface area (Å²) >= 11 is 0. The number of aromatic amines is 1. The van der Waals surface area contributed by atoms with E-state index in [1.165, 1.54) is 12.1 Å². The van der Waals surface area contributed by atoms with Gasteiger partial charge in [-0.2, -0.15) is 5.10 Å². The van der Waals surface area contributed by atoms with Crippen molar-refractivity contribution in [3.05, 3.63) is 82.9 Å². The van der Waals surface area contributed by atoms with Gasteiger partial charge in [-0.1, -0.05) is 19.9 Å². The highest BCUT2D eigenvalue weighted by atomic mass is 19.1. The Labute approximate surface area is 238 Å². The number of rotatable bonds is 9. The van der Waals surface area contributed by atoms with Gasteiger partial charge in [-0.15, -0.1) is 0 Å². The normalized spacial score (nSPS) is 14.4. The van der Waals surface area contributed by atoms with Crippen molar-refractivity contribution < 1.29 is 18.3 Å². The van der Waals surface area contributed by atoms with Gasteiger partial charge in [0.2, 0.25) is 0 Å². The van der Waals surface area contributed by atoms with Gasteiger partial charge >= 0.3 is 0 Å². The number of amides is 1. The van der Waals surface area contributed by atoms with Crippen LogP contribution in [0.2, 0.25) is 0 Å². The van der Waals surface area contributed by atoms with Crippen molar-refractivity contribution in [1.29, 1.82) is 0 Å². The summed E-state index contributed by atoms with van der Waals surface area (Å²) in [6.45, 7) is 8.65. The molecular weight excluding hydrogens is 526 g/mol. The zero-order chi connectivity index (χ0) is 29.1. The van der Waals surface area contributed by atoms with Crippen LogP contribution in [0, 0.1) is 11.6 Å². The second-order valence-corrected chi connectivity index (χ2v) is 11.0. The first kappa shape index (κ1) is 28.5. The molecule has 41 heavy (non-hydrogen) atoms. The number of aromatic nitrogens is 2. The number of ether oxygens (including phenoxy) is 1. The van der Waals surface area contributed by atoms with E-state index in [0.29, 0.717) is 41.2 Å². The van der Waals surface area contributed by atoms with Crippen LogP contribution in [-0.2, 0) is 10.2 Å². The van der Waals surface area contributed by atoms with Crippen LogP contribution in [0.5, 0.6) is 0 Å². The molecule has 1 aliphatic rings. The molecule has 0 unspecified atom stereocenters. The Morgan fingerprint density at radius 3 is 2.44 bits per heavy atom. The van der Waals surface area contributed by atoms with Crippen LogP contribution < -0.4 is 15.5 Å². The lowest BCUT2D eigenvalue weighted by Crippen LogP contribution is -2.44. The maximum Gasteiger partial charge on any atom is 0.258 e. The Bertz CT molecular complexity index is 1520. The average Bonchev–Trinajstić information content (AvgIpc) is 3.35. The van der Waals surface area contributed by atoms with E-state index in [0.717, 1.165) is 49.0 Å². The maximum atomic E-state index is 14.0. The molecule has 3 N–H and O–H groups in total. The molecule has 1 fully saturated rings. The number of methoxy groups -OCH3 is 1. The molecule has 2 heterocycles. The molecule has 0 saturated carbocycles. The largest absolute Gasteiger partial charge is 0.383 e. The summed E-state index contributed by atoms with van der Waals surface area (Å²) in [5, 5.41) is 14.3. The van der Waals surface area contributed by atoms with Gasteiger partial charge in [0.25, 0.3) is 5.91 Å². The standard InChI is InChI=1S/C31H36F2N6O2/c1-31(2,21-15-22(32)18-23(33)16-21)20-5-8-27-26(17-20)29(37-36-27)35-30(40)25-7-6-24(19-28(25)34-9-14-41-4)39-12-10-38(3)11-13-39/h5-8,15-19,34H,9-14H2,1-4H3,(H2,35,36,37,40). The van der Waals surface area contributed by atoms with Crippen molar-refractivity contribution in [1.82, 2.24) is 15.1 Å². The molecule has 1 aromatic heterocycles. The summed E-state index contributed by atoms with van der Waals surface area (Å²) in [7, 11) is 3.76. The van der Waals surface area contributed by atoms with Crippen LogP contribution in [0.4, 0.5) is 26.0 Å². The quantitative estimate of drug-likeness (QED) is 0.242. The van der Waals surface area contributed by atoms with E-state index in [4.69, 9.17) is 4.74 Å². The van der Waals surface area contributed by atoms with Gasteiger partial charge in [-0.05, 0) is 60.6 Å². The fourth-order valence-electron chi connectivity index (χ4n) is 5.18. The van der Waals surface area contributed by atoms with Gasteiger partial charge in [0.05, 0.1) is 17.7 Å². The zero-order valence-corrected chi connectivity index (χ0v) is 23.9. The number of fused-ring (bicyclic) bond motifs is 1. The van der Waals surface area contributed by atoms with Crippen molar-refractivity contribution in [2.24, 2.45) is 0 Å². The van der Waals surface area contributed by atoms with Gasteiger partial charge in [-0.3, -0.25) is 9.89 Å². The highest BCUT2D eigenvalue weighted by molar-refractivity contribution is 6.11. The molecule has 1 amide bonds. The maximum absolute atomic E-state index is 14.0. The Hall–Kier alpha value is -4.02. The number of piperazine rings is 1. The number of anilines is 3. The van der Waals surface area contributed by atoms with Gasteiger partial charge in [0.15, 0.2) is 5.82 Å². The number of carbonyl (C=O) groups excluding carboxylic acids is 1. The van der Waals surface area contributed by atoms with Gasteiger partial charge in [0, 0.05) is 68.1 Å². The second-order valence-electron chi connectivity index (χ2n) is 11.0. The molecule has 4 aromatic rings. The van der Waals surface area contributed by atoms with Crippen molar-refractivity contribution >= 4 is 34.0 Å². The van der Waals surface area contributed by atoms with Crippen LogP contribution in [0.1, 0.15) is 35.3 Å². The van der Waals surface area contributed by atoms with E-state index in [1.54, 1.807) is 7.11 Å². The summed E-state index contributed by atoms with van der Waals surface area (Å²) in [4.78, 5) is 18.2. The predicted octanol–water partition coefficient (Wildman–Crippen LogP) is 5.23. The number of H-pyrrole nitrogens is 1. The number of carbonyl (C=O) groups is 1. The summed E-state index contributed by atoms with van der Waals surface area (Å²) in [6.07, 6.45) is 0. The highest BCUT2D eigenvalue weighted by Gasteiger charge is 2.26. The Morgan fingerprint density at radius 2 is 1.73 bits per heavy atom. The molecule has 0 aliphatic carbocycles. The van der Waals surface area contributed by atoms with Crippen LogP contribution in [-0.4, -0.2) is 74.5 Å². The lowest BCUT2D eigenvalue weighted by atomic mass is 9.78. The van der Waals surface area contributed by atoms with E-state index >= 15 is 0 Å². The van der Waals surface area contributed by atoms with Crippen molar-refractivity contribution in [2.45, 2.75) is 19.3 Å². The van der Waals surface area contributed by atoms with Gasteiger partial charge < -0.3 is 25.2 Å². The fraction of sp³-hybridized carbons (Fsp3) is 0.355. The molecule has 5 rings (SSSR count). The van der Waals surface area contributed by atoms with Crippen molar-refractivity contribution in [3.63, 3.8) is 0 Å². The number of benzene rings is 3. The first-order valence-corrected chi connectivity index (χ1v) is 13.7. The van der Waals surface area contributed by atoms with Crippen molar-refractivity contribution in [2.75, 3.05) is 69.0 Å². The van der Waals surface area contributed by atoms with Gasteiger partial charge in [0.1, 0.15) is 11.6 Å². The lowest BCUT2D eigenvalue weighted by Gasteiger charge is -2.34. The van der Waals surface area contributed by atoms with Crippen LogP contribution >= 0.6 is 0 Å². The van der Waals surface area contributed by atoms with Crippen LogP contribution in [0.15, 0.2) is 54.6 Å². The molecule has 0 bridgehead atoms. The topological polar surface area (TPSA) is 85.5 Å². The number of nitrogens with one attached hydrogen (secondary N) is 3. The third-order valence-corrected chi connectivity index (χ3v) is 7.84. The minimum Gasteiger partial charge on any atom is -0.383 e. The number of hydrogen-bond acceptors (Lipinski definition) is 6. The molecule has 1 saturated heterocycles. The lowest BCUT2D eigenvalue weighted by molar-refractivity contribution is 0.102. The van der Waals surface area contributed by atoms with E-state index in [2.05, 4.69) is 37.7 Å². The third kappa shape index (κ3) is 6.18. The van der Waals surface area contributed by atoms with E-state index in [-0.39, 0.29) is 5.91 Å². The minimum absolute atomic E-state index is 0.305. The third-order valence-electron chi connectivity index (χ3n) is 7.84. The number of likely N-dealkylation sites (N-methyl/N-ethyl adjacent to an activating group) is 1. The smallest absolute Gasteiger partial charge is 0.258 e. The van der Waals surface area contributed by atoms with Crippen LogP contribution in [0.3, 0.4) is 0 Å². The van der Waals surface area contributed by atoms with Gasteiger partial charge in [-0.25, -0.2) is 8.78 Å². The molecule has 3 aromatic carbocycles. The summed E-state index contributed by atoms with van der Waals surface area (Å²) in [5.74, 6) is -1.18. The van der Waals surface area contributed by atoms with E-state index in [9.17, 15) is 13.6 Å². The minimum atomic E-state index is -0.701. The fourth-order valence-corrected chi connectivity index (χ4v) is 5.18. The Balaban J connectivity index is 1.43. The predicted molar refractivity (Wildman–Crippen MR) is 159 cm³/mol. The molecule has 0 spiro atoms. The first-order chi connectivity index (χ1) is 19.7. The number of hydrogen-bond donors (Lipinski definition) is 3. The summed E-state index contributed by atoms with van der Waals surface area (Å²) < 4.78 is 33.2. The number of nitrogens with zero attached hydrogens (tertiary/aromatic N) is 3. The molecular formula is C31H36F2N6O2. The molecule has 1 aliphatic heterocycles. The Morgan fingerprint density at radius 1 is 1.00 bits per heavy atom.